The fourth-order valence-corrected chi connectivity index (χ4v) is 1.18. The largest absolute Gasteiger partial charge is 0.376 e. The molecule has 1 rings (SSSR count). The molecule has 1 unspecified atom stereocenters. The first-order valence-corrected chi connectivity index (χ1v) is 4.88. The minimum atomic E-state index is -0.229. The van der Waals surface area contributed by atoms with Gasteiger partial charge in [0.15, 0.2) is 11.6 Å². The van der Waals surface area contributed by atoms with Crippen LogP contribution < -0.4 is 5.32 Å². The van der Waals surface area contributed by atoms with Gasteiger partial charge in [-0.3, -0.25) is 9.59 Å². The van der Waals surface area contributed by atoms with Crippen molar-refractivity contribution in [2.24, 2.45) is 0 Å². The van der Waals surface area contributed by atoms with Crippen LogP contribution in [0.15, 0.2) is 24.3 Å². The van der Waals surface area contributed by atoms with Crippen LogP contribution in [0.5, 0.6) is 0 Å². The molecule has 0 aliphatic rings. The normalized spacial score (nSPS) is 11.9. The van der Waals surface area contributed by atoms with Crippen molar-refractivity contribution in [1.82, 2.24) is 0 Å². The molecule has 3 heteroatoms. The summed E-state index contributed by atoms with van der Waals surface area (Å²) in [5.74, 6) is 0.0948. The number of rotatable bonds is 4. The lowest BCUT2D eigenvalue weighted by Gasteiger charge is -2.12. The number of carbonyl (C=O) groups is 2. The van der Waals surface area contributed by atoms with Crippen LogP contribution in [0.3, 0.4) is 0 Å². The molecule has 0 aliphatic heterocycles. The molecular weight excluding hydrogens is 190 g/mol. The summed E-state index contributed by atoms with van der Waals surface area (Å²) < 4.78 is 0. The number of anilines is 1. The molecule has 0 aliphatic carbocycles. The van der Waals surface area contributed by atoms with E-state index in [9.17, 15) is 9.59 Å². The number of benzene rings is 1. The van der Waals surface area contributed by atoms with Crippen LogP contribution >= 0.6 is 0 Å². The second-order valence-corrected chi connectivity index (χ2v) is 3.61. The van der Waals surface area contributed by atoms with Crippen molar-refractivity contribution in [2.75, 3.05) is 5.32 Å². The van der Waals surface area contributed by atoms with Gasteiger partial charge in [-0.1, -0.05) is 12.1 Å². The predicted molar refractivity (Wildman–Crippen MR) is 60.2 cm³/mol. The van der Waals surface area contributed by atoms with Crippen LogP contribution in [0.25, 0.3) is 0 Å². The third-order valence-electron chi connectivity index (χ3n) is 2.26. The lowest BCUT2D eigenvalue weighted by molar-refractivity contribution is -0.117. The molecule has 80 valence electrons. The molecule has 0 spiro atoms. The smallest absolute Gasteiger partial charge is 0.159 e. The van der Waals surface area contributed by atoms with Gasteiger partial charge >= 0.3 is 0 Å². The second-order valence-electron chi connectivity index (χ2n) is 3.61. The zero-order chi connectivity index (χ0) is 11.4. The third kappa shape index (κ3) is 3.20. The van der Waals surface area contributed by atoms with E-state index in [1.165, 1.54) is 13.8 Å². The summed E-state index contributed by atoms with van der Waals surface area (Å²) in [6, 6.07) is 6.91. The molecule has 0 heterocycles. The summed E-state index contributed by atoms with van der Waals surface area (Å²) >= 11 is 0. The fraction of sp³-hybridized carbons (Fsp3) is 0.333. The first-order chi connectivity index (χ1) is 7.00. The van der Waals surface area contributed by atoms with E-state index in [0.717, 1.165) is 5.69 Å². The molecule has 1 N–H and O–H groups in total. The van der Waals surface area contributed by atoms with E-state index in [1.807, 2.05) is 6.07 Å². The van der Waals surface area contributed by atoms with Crippen LogP contribution in [-0.4, -0.2) is 17.6 Å². The molecule has 15 heavy (non-hydrogen) atoms. The average Bonchev–Trinajstić information content (AvgIpc) is 2.18. The van der Waals surface area contributed by atoms with Gasteiger partial charge in [0, 0.05) is 11.3 Å². The van der Waals surface area contributed by atoms with Crippen LogP contribution in [0.2, 0.25) is 0 Å². The number of nitrogens with one attached hydrogen (secondary N) is 1. The molecule has 0 saturated carbocycles. The Kier molecular flexibility index (Phi) is 3.61. The van der Waals surface area contributed by atoms with Gasteiger partial charge in [0.25, 0.3) is 0 Å². The van der Waals surface area contributed by atoms with E-state index in [0.29, 0.717) is 5.56 Å². The maximum atomic E-state index is 11.1. The summed E-state index contributed by atoms with van der Waals surface area (Å²) in [5.41, 5.74) is 1.45. The minimum absolute atomic E-state index is 0.0223. The SMILES string of the molecule is CC(=O)c1cccc(NC(C)C(C)=O)c1. The fourth-order valence-electron chi connectivity index (χ4n) is 1.18. The Morgan fingerprint density at radius 1 is 1.27 bits per heavy atom. The van der Waals surface area contributed by atoms with Crippen molar-refractivity contribution < 1.29 is 9.59 Å². The van der Waals surface area contributed by atoms with Crippen molar-refractivity contribution in [1.29, 1.82) is 0 Å². The van der Waals surface area contributed by atoms with Crippen molar-refractivity contribution in [3.8, 4) is 0 Å². The summed E-state index contributed by atoms with van der Waals surface area (Å²) in [6.45, 7) is 4.85. The Bertz CT molecular complexity index is 385. The number of Topliss-reactive ketones (excluding diaryl/α,β-unsaturated/α-hetero) is 2. The number of ketones is 2. The molecule has 0 radical (unpaired) electrons. The van der Waals surface area contributed by atoms with Crippen molar-refractivity contribution in [3.63, 3.8) is 0 Å². The maximum Gasteiger partial charge on any atom is 0.159 e. The summed E-state index contributed by atoms with van der Waals surface area (Å²) in [6.07, 6.45) is 0. The summed E-state index contributed by atoms with van der Waals surface area (Å²) in [7, 11) is 0. The lowest BCUT2D eigenvalue weighted by Crippen LogP contribution is -2.23. The molecule has 1 atom stereocenters. The lowest BCUT2D eigenvalue weighted by atomic mass is 10.1. The molecule has 1 aromatic carbocycles. The van der Waals surface area contributed by atoms with Gasteiger partial charge in [-0.2, -0.15) is 0 Å². The standard InChI is InChI=1S/C12H15NO2/c1-8(9(2)14)13-12-6-4-5-11(7-12)10(3)15/h4-8,13H,1-3H3. The van der Waals surface area contributed by atoms with Gasteiger partial charge in [0.1, 0.15) is 0 Å². The van der Waals surface area contributed by atoms with E-state index in [2.05, 4.69) is 5.32 Å². The first-order valence-electron chi connectivity index (χ1n) is 4.88. The average molecular weight is 205 g/mol. The van der Waals surface area contributed by atoms with Gasteiger partial charge in [0.2, 0.25) is 0 Å². The van der Waals surface area contributed by atoms with E-state index < -0.39 is 0 Å². The second kappa shape index (κ2) is 4.73. The first kappa shape index (κ1) is 11.4. The van der Waals surface area contributed by atoms with E-state index >= 15 is 0 Å². The quantitative estimate of drug-likeness (QED) is 0.767. The van der Waals surface area contributed by atoms with Crippen molar-refractivity contribution in [2.45, 2.75) is 26.8 Å². The molecule has 0 fully saturated rings. The zero-order valence-electron chi connectivity index (χ0n) is 9.20. The van der Waals surface area contributed by atoms with Gasteiger partial charge in [0.05, 0.1) is 6.04 Å². The van der Waals surface area contributed by atoms with Crippen LogP contribution in [0.1, 0.15) is 31.1 Å². The Hall–Kier alpha value is -1.64. The highest BCUT2D eigenvalue weighted by Crippen LogP contribution is 2.12. The highest BCUT2D eigenvalue weighted by atomic mass is 16.1. The zero-order valence-corrected chi connectivity index (χ0v) is 9.20. The topological polar surface area (TPSA) is 46.2 Å². The number of hydrogen-bond acceptors (Lipinski definition) is 3. The van der Waals surface area contributed by atoms with Crippen molar-refractivity contribution >= 4 is 17.3 Å². The minimum Gasteiger partial charge on any atom is -0.376 e. The monoisotopic (exact) mass is 205 g/mol. The van der Waals surface area contributed by atoms with Crippen molar-refractivity contribution in [3.05, 3.63) is 29.8 Å². The van der Waals surface area contributed by atoms with Gasteiger partial charge < -0.3 is 5.32 Å². The highest BCUT2D eigenvalue weighted by molar-refractivity contribution is 5.95. The summed E-state index contributed by atoms with van der Waals surface area (Å²) in [4.78, 5) is 22.2. The van der Waals surface area contributed by atoms with E-state index in [4.69, 9.17) is 0 Å². The van der Waals surface area contributed by atoms with E-state index in [-0.39, 0.29) is 17.6 Å². The highest BCUT2D eigenvalue weighted by Gasteiger charge is 2.07. The van der Waals surface area contributed by atoms with Crippen LogP contribution in [0, 0.1) is 0 Å². The maximum absolute atomic E-state index is 11.1. The Morgan fingerprint density at radius 3 is 2.47 bits per heavy atom. The van der Waals surface area contributed by atoms with Gasteiger partial charge in [-0.25, -0.2) is 0 Å². The van der Waals surface area contributed by atoms with Crippen LogP contribution in [-0.2, 0) is 4.79 Å². The molecular formula is C12H15NO2. The van der Waals surface area contributed by atoms with Gasteiger partial charge in [-0.15, -0.1) is 0 Å². The molecule has 0 bridgehead atoms. The van der Waals surface area contributed by atoms with Gasteiger partial charge in [-0.05, 0) is 32.9 Å². The predicted octanol–water partition coefficient (Wildman–Crippen LogP) is 2.28. The Balaban J connectivity index is 2.82. The number of hydrogen-bond donors (Lipinski definition) is 1. The van der Waals surface area contributed by atoms with Crippen LogP contribution in [0.4, 0.5) is 5.69 Å². The Labute approximate surface area is 89.5 Å². The molecule has 3 nitrogen and oxygen atoms in total. The Morgan fingerprint density at radius 2 is 1.93 bits per heavy atom. The molecule has 0 aromatic heterocycles. The molecule has 0 saturated heterocycles. The number of carbonyl (C=O) groups excluding carboxylic acids is 2. The summed E-state index contributed by atoms with van der Waals surface area (Å²) in [5, 5.41) is 3.03. The molecule has 1 aromatic rings. The van der Waals surface area contributed by atoms with E-state index in [1.54, 1.807) is 25.1 Å². The third-order valence-corrected chi connectivity index (χ3v) is 2.26. The molecule has 0 amide bonds.